The van der Waals surface area contributed by atoms with Gasteiger partial charge in [0.05, 0.1) is 23.8 Å². The SMILES string of the molecule is CC(C)[C@@H]1NC(=O)[C@@H](C)N(C(=O)CCCn2cnc3ccccc3c2=O)CCCNC(=O)[C@H](Cc2ccccc2)NC(=O)CN(C)C1=O. The molecule has 3 aromatic rings. The number of carbonyl (C=O) groups excluding carboxylic acids is 5. The van der Waals surface area contributed by atoms with Crippen LogP contribution in [-0.2, 0) is 36.9 Å². The lowest BCUT2D eigenvalue weighted by Crippen LogP contribution is -2.57. The number of benzene rings is 2. The first kappa shape index (κ1) is 35.8. The molecule has 48 heavy (non-hydrogen) atoms. The summed E-state index contributed by atoms with van der Waals surface area (Å²) in [7, 11) is 1.47. The van der Waals surface area contributed by atoms with Gasteiger partial charge in [-0.25, -0.2) is 4.98 Å². The van der Waals surface area contributed by atoms with Crippen LogP contribution in [0.25, 0.3) is 10.9 Å². The molecule has 13 nitrogen and oxygen atoms in total. The van der Waals surface area contributed by atoms with Gasteiger partial charge in [-0.3, -0.25) is 33.3 Å². The predicted molar refractivity (Wildman–Crippen MR) is 181 cm³/mol. The van der Waals surface area contributed by atoms with Crippen molar-refractivity contribution in [1.29, 1.82) is 0 Å². The van der Waals surface area contributed by atoms with E-state index in [0.29, 0.717) is 23.7 Å². The lowest BCUT2D eigenvalue weighted by Gasteiger charge is -2.32. The molecule has 3 N–H and O–H groups in total. The van der Waals surface area contributed by atoms with Crippen LogP contribution in [0.15, 0.2) is 65.7 Å². The van der Waals surface area contributed by atoms with Crippen LogP contribution in [0.5, 0.6) is 0 Å². The van der Waals surface area contributed by atoms with E-state index in [1.165, 1.54) is 27.7 Å². The third-order valence-electron chi connectivity index (χ3n) is 8.49. The number of aryl methyl sites for hydroxylation is 1. The lowest BCUT2D eigenvalue weighted by atomic mass is 10.0. The zero-order valence-electron chi connectivity index (χ0n) is 28.0. The summed E-state index contributed by atoms with van der Waals surface area (Å²) in [6.45, 7) is 5.47. The predicted octanol–water partition coefficient (Wildman–Crippen LogP) is 1.24. The number of carbonyl (C=O) groups is 5. The van der Waals surface area contributed by atoms with Crippen molar-refractivity contribution in [2.75, 3.05) is 26.7 Å². The summed E-state index contributed by atoms with van der Waals surface area (Å²) in [6.07, 6.45) is 2.44. The summed E-state index contributed by atoms with van der Waals surface area (Å²) in [4.78, 5) is 86.8. The van der Waals surface area contributed by atoms with E-state index in [-0.39, 0.29) is 56.4 Å². The maximum absolute atomic E-state index is 13.6. The van der Waals surface area contributed by atoms with Gasteiger partial charge in [0.1, 0.15) is 18.1 Å². The van der Waals surface area contributed by atoms with Crippen LogP contribution in [-0.4, -0.2) is 93.7 Å². The largest absolute Gasteiger partial charge is 0.354 e. The van der Waals surface area contributed by atoms with Crippen LogP contribution in [0.1, 0.15) is 45.6 Å². The van der Waals surface area contributed by atoms with Gasteiger partial charge in [-0.15, -0.1) is 0 Å². The first-order valence-corrected chi connectivity index (χ1v) is 16.4. The molecule has 1 saturated heterocycles. The number of nitrogens with one attached hydrogen (secondary N) is 3. The quantitative estimate of drug-likeness (QED) is 0.344. The molecule has 0 aliphatic carbocycles. The standard InChI is InChI=1S/C35H45N7O6/c1-23(2)31-35(48)40(4)21-29(43)38-28(20-25-12-6-5-7-13-25)33(46)36-17-11-19-42(24(3)32(45)39-31)30(44)16-10-18-41-22-37-27-15-9-8-14-26(27)34(41)47/h5-9,12-15,22-24,28,31H,10-11,16-21H2,1-4H3,(H,36,46)(H,38,43)(H,39,45)/t24-,28+,31+/m1/s1. The number of likely N-dealkylation sites (N-methyl/N-ethyl adjacent to an activating group) is 1. The van der Waals surface area contributed by atoms with Crippen LogP contribution in [0.3, 0.4) is 0 Å². The Morgan fingerprint density at radius 1 is 0.958 bits per heavy atom. The minimum absolute atomic E-state index is 0.0592. The van der Waals surface area contributed by atoms with Crippen LogP contribution >= 0.6 is 0 Å². The molecule has 1 fully saturated rings. The van der Waals surface area contributed by atoms with E-state index >= 15 is 0 Å². The minimum atomic E-state index is -0.946. The van der Waals surface area contributed by atoms with E-state index in [4.69, 9.17) is 0 Å². The molecule has 256 valence electrons. The Balaban J connectivity index is 1.51. The van der Waals surface area contributed by atoms with Crippen LogP contribution in [0.4, 0.5) is 0 Å². The molecule has 5 amide bonds. The average Bonchev–Trinajstić information content (AvgIpc) is 3.07. The van der Waals surface area contributed by atoms with Crippen LogP contribution in [0.2, 0.25) is 0 Å². The number of hydrogen-bond donors (Lipinski definition) is 3. The zero-order chi connectivity index (χ0) is 34.8. The zero-order valence-corrected chi connectivity index (χ0v) is 28.0. The highest BCUT2D eigenvalue weighted by molar-refractivity contribution is 5.94. The Hall–Kier alpha value is -5.07. The molecule has 0 bridgehead atoms. The summed E-state index contributed by atoms with van der Waals surface area (Å²) in [6, 6.07) is 13.6. The fraction of sp³-hybridized carbons (Fsp3) is 0.457. The van der Waals surface area contributed by atoms with Crippen molar-refractivity contribution in [2.45, 2.75) is 71.1 Å². The van der Waals surface area contributed by atoms with Crippen molar-refractivity contribution >= 4 is 40.4 Å². The Morgan fingerprint density at radius 3 is 2.40 bits per heavy atom. The van der Waals surface area contributed by atoms with E-state index in [1.807, 2.05) is 36.4 Å². The minimum Gasteiger partial charge on any atom is -0.354 e. The molecule has 13 heteroatoms. The first-order chi connectivity index (χ1) is 23.0. The molecule has 0 unspecified atom stereocenters. The van der Waals surface area contributed by atoms with E-state index in [1.54, 1.807) is 39.0 Å². The summed E-state index contributed by atoms with van der Waals surface area (Å²) in [5, 5.41) is 8.91. The maximum Gasteiger partial charge on any atom is 0.261 e. The average molecular weight is 660 g/mol. The highest BCUT2D eigenvalue weighted by Gasteiger charge is 2.33. The summed E-state index contributed by atoms with van der Waals surface area (Å²) < 4.78 is 1.47. The van der Waals surface area contributed by atoms with Gasteiger partial charge >= 0.3 is 0 Å². The molecular weight excluding hydrogens is 614 g/mol. The van der Waals surface area contributed by atoms with Gasteiger partial charge in [0.2, 0.25) is 29.5 Å². The molecule has 0 spiro atoms. The number of para-hydroxylation sites is 1. The molecule has 1 aromatic heterocycles. The van der Waals surface area contributed by atoms with Crippen LogP contribution in [0, 0.1) is 5.92 Å². The van der Waals surface area contributed by atoms with Gasteiger partial charge in [-0.05, 0) is 43.4 Å². The molecule has 2 aromatic carbocycles. The van der Waals surface area contributed by atoms with Gasteiger partial charge in [-0.2, -0.15) is 0 Å². The van der Waals surface area contributed by atoms with Crippen molar-refractivity contribution in [3.05, 3.63) is 76.8 Å². The maximum atomic E-state index is 13.6. The highest BCUT2D eigenvalue weighted by Crippen LogP contribution is 2.12. The number of aromatic nitrogens is 2. The van der Waals surface area contributed by atoms with Crippen molar-refractivity contribution in [2.24, 2.45) is 5.92 Å². The van der Waals surface area contributed by atoms with Crippen molar-refractivity contribution in [3.63, 3.8) is 0 Å². The normalized spacial score (nSPS) is 20.4. The lowest BCUT2D eigenvalue weighted by molar-refractivity contribution is -0.143. The smallest absolute Gasteiger partial charge is 0.261 e. The molecule has 2 heterocycles. The second kappa shape index (κ2) is 16.7. The van der Waals surface area contributed by atoms with Gasteiger partial charge < -0.3 is 25.8 Å². The molecule has 4 rings (SSSR count). The summed E-state index contributed by atoms with van der Waals surface area (Å²) in [5.41, 5.74) is 1.25. The van der Waals surface area contributed by atoms with Gasteiger partial charge in [-0.1, -0.05) is 56.3 Å². The highest BCUT2D eigenvalue weighted by atomic mass is 16.2. The fourth-order valence-electron chi connectivity index (χ4n) is 5.69. The third-order valence-corrected chi connectivity index (χ3v) is 8.49. The number of hydrogen-bond acceptors (Lipinski definition) is 7. The fourth-order valence-corrected chi connectivity index (χ4v) is 5.69. The van der Waals surface area contributed by atoms with E-state index in [9.17, 15) is 28.8 Å². The Bertz CT molecular complexity index is 1670. The molecule has 0 saturated carbocycles. The molecular formula is C35H45N7O6. The first-order valence-electron chi connectivity index (χ1n) is 16.4. The van der Waals surface area contributed by atoms with E-state index < -0.39 is 41.8 Å². The monoisotopic (exact) mass is 659 g/mol. The summed E-state index contributed by atoms with van der Waals surface area (Å²) >= 11 is 0. The van der Waals surface area contributed by atoms with Crippen molar-refractivity contribution in [3.8, 4) is 0 Å². The Labute approximate surface area is 280 Å². The molecule has 0 radical (unpaired) electrons. The Kier molecular flexibility index (Phi) is 12.4. The second-order valence-corrected chi connectivity index (χ2v) is 12.5. The number of nitrogens with zero attached hydrogens (tertiary/aromatic N) is 4. The van der Waals surface area contributed by atoms with Gasteiger partial charge in [0.25, 0.3) is 5.56 Å². The van der Waals surface area contributed by atoms with Crippen molar-refractivity contribution in [1.82, 2.24) is 35.3 Å². The van der Waals surface area contributed by atoms with Crippen LogP contribution < -0.4 is 21.5 Å². The summed E-state index contributed by atoms with van der Waals surface area (Å²) in [5.74, 6) is -2.49. The Morgan fingerprint density at radius 2 is 1.67 bits per heavy atom. The van der Waals surface area contributed by atoms with E-state index in [0.717, 1.165) is 5.56 Å². The van der Waals surface area contributed by atoms with E-state index in [2.05, 4.69) is 20.9 Å². The second-order valence-electron chi connectivity index (χ2n) is 12.5. The number of rotatable bonds is 7. The number of amides is 5. The molecule has 3 atom stereocenters. The van der Waals surface area contributed by atoms with Crippen molar-refractivity contribution < 1.29 is 24.0 Å². The topological polar surface area (TPSA) is 163 Å². The third kappa shape index (κ3) is 9.26. The molecule has 1 aliphatic heterocycles. The number of fused-ring (bicyclic) bond motifs is 1. The van der Waals surface area contributed by atoms with Gasteiger partial charge in [0.15, 0.2) is 0 Å². The molecule has 1 aliphatic rings. The van der Waals surface area contributed by atoms with Gasteiger partial charge in [0, 0.05) is 39.5 Å².